The fourth-order valence-corrected chi connectivity index (χ4v) is 8.17. The molecule has 0 aliphatic carbocycles. The molecule has 162 valence electrons. The Morgan fingerprint density at radius 1 is 0.727 bits per heavy atom. The molecule has 2 aromatic heterocycles. The number of pyridine rings is 1. The van der Waals surface area contributed by atoms with Gasteiger partial charge in [-0.15, -0.1) is 0 Å². The van der Waals surface area contributed by atoms with Gasteiger partial charge in [0.2, 0.25) is 0 Å². The van der Waals surface area contributed by atoms with E-state index in [-0.39, 0.29) is 19.9 Å². The Morgan fingerprint density at radius 3 is 2.06 bits per heavy atom. The fraction of sp³-hybridized carbons (Fsp3) is 0.194. The Balaban J connectivity index is 1.87. The van der Waals surface area contributed by atoms with E-state index in [0.29, 0.717) is 0 Å². The van der Waals surface area contributed by atoms with Crippen LogP contribution in [0, 0.1) is 6.92 Å². The van der Waals surface area contributed by atoms with E-state index < -0.39 is 0 Å². The van der Waals surface area contributed by atoms with Gasteiger partial charge in [0.15, 0.2) is 0 Å². The predicted molar refractivity (Wildman–Crippen MR) is 143 cm³/mol. The van der Waals surface area contributed by atoms with Crippen LogP contribution < -0.4 is 4.57 Å². The van der Waals surface area contributed by atoms with Crippen molar-refractivity contribution in [1.29, 1.82) is 0 Å². The van der Waals surface area contributed by atoms with Crippen molar-refractivity contribution in [1.82, 2.24) is 0 Å². The number of rotatable bonds is 1. The standard InChI is InChI=1S/C31H28NSe/c1-19-20-12-6-7-13-21(20)25(31(2,3)4)18-24(19)29-30-28(23-15-9-11-17-27(23)33-30)22-14-8-10-16-26(22)32(29)5/h6-18H,1-5H3/q+1. The van der Waals surface area contributed by atoms with Crippen LogP contribution in [0.5, 0.6) is 0 Å². The zero-order chi connectivity index (χ0) is 22.9. The molecule has 0 N–H and O–H groups in total. The molecule has 0 spiro atoms. The van der Waals surface area contributed by atoms with Gasteiger partial charge < -0.3 is 0 Å². The first-order valence-electron chi connectivity index (χ1n) is 11.6. The summed E-state index contributed by atoms with van der Waals surface area (Å²) in [5.41, 5.74) is 6.91. The van der Waals surface area contributed by atoms with Crippen LogP contribution >= 0.6 is 0 Å². The third-order valence-electron chi connectivity index (χ3n) is 7.06. The van der Waals surface area contributed by atoms with Crippen LogP contribution in [0.2, 0.25) is 0 Å². The van der Waals surface area contributed by atoms with E-state index in [1.54, 1.807) is 0 Å². The Labute approximate surface area is 201 Å². The summed E-state index contributed by atoms with van der Waals surface area (Å²) in [7, 11) is 2.25. The van der Waals surface area contributed by atoms with Gasteiger partial charge in [0.25, 0.3) is 0 Å². The Hall–Kier alpha value is -2.93. The first-order chi connectivity index (χ1) is 15.9. The van der Waals surface area contributed by atoms with Crippen molar-refractivity contribution in [2.24, 2.45) is 7.05 Å². The normalized spacial score (nSPS) is 12.4. The third-order valence-corrected chi connectivity index (χ3v) is 9.53. The first-order valence-corrected chi connectivity index (χ1v) is 13.3. The molecule has 0 radical (unpaired) electrons. The van der Waals surface area contributed by atoms with Crippen molar-refractivity contribution >= 4 is 55.5 Å². The molecule has 0 bridgehead atoms. The Morgan fingerprint density at radius 2 is 1.33 bits per heavy atom. The first kappa shape index (κ1) is 20.7. The van der Waals surface area contributed by atoms with E-state index in [0.717, 1.165) is 0 Å². The van der Waals surface area contributed by atoms with Crippen molar-refractivity contribution in [3.05, 3.63) is 90.0 Å². The van der Waals surface area contributed by atoms with Crippen molar-refractivity contribution in [3.8, 4) is 11.3 Å². The second-order valence-corrected chi connectivity index (χ2v) is 12.3. The number of benzene rings is 4. The molecule has 0 amide bonds. The molecule has 1 nitrogen and oxygen atoms in total. The quantitative estimate of drug-likeness (QED) is 0.165. The molecule has 6 rings (SSSR count). The molecule has 33 heavy (non-hydrogen) atoms. The Kier molecular flexibility index (Phi) is 4.56. The number of hydrogen-bond donors (Lipinski definition) is 0. The van der Waals surface area contributed by atoms with Gasteiger partial charge in [0, 0.05) is 0 Å². The van der Waals surface area contributed by atoms with Gasteiger partial charge in [-0.2, -0.15) is 0 Å². The number of para-hydroxylation sites is 1. The average molecular weight is 494 g/mol. The van der Waals surface area contributed by atoms with E-state index in [1.807, 2.05) is 0 Å². The SMILES string of the molecule is Cc1c(-c2c3[se]c4ccccc4c3c3ccccc3[n+]2C)cc(C(C)(C)C)c2ccccc12. The topological polar surface area (TPSA) is 3.88 Å². The van der Waals surface area contributed by atoms with E-state index in [9.17, 15) is 0 Å². The summed E-state index contributed by atoms with van der Waals surface area (Å²) in [5.74, 6) is 0. The molecule has 2 heteroatoms. The van der Waals surface area contributed by atoms with E-state index >= 15 is 0 Å². The molecule has 0 unspecified atom stereocenters. The summed E-state index contributed by atoms with van der Waals surface area (Å²) in [6.45, 7) is 9.30. The number of nitrogens with zero attached hydrogens (tertiary/aromatic N) is 1. The maximum absolute atomic E-state index is 2.49. The molecule has 0 fully saturated rings. The molecule has 2 heterocycles. The van der Waals surface area contributed by atoms with Crippen LogP contribution in [0.25, 0.3) is 52.2 Å². The number of fused-ring (bicyclic) bond motifs is 6. The molecule has 4 aromatic carbocycles. The van der Waals surface area contributed by atoms with Gasteiger partial charge in [-0.1, -0.05) is 0 Å². The minimum atomic E-state index is 0.0642. The molecule has 0 saturated heterocycles. The predicted octanol–water partition coefficient (Wildman–Crippen LogP) is 7.45. The molecular weight excluding hydrogens is 465 g/mol. The van der Waals surface area contributed by atoms with E-state index in [1.165, 1.54) is 63.4 Å². The summed E-state index contributed by atoms with van der Waals surface area (Å²) >= 11 is 0.281. The summed E-state index contributed by atoms with van der Waals surface area (Å²) in [6.07, 6.45) is 0. The van der Waals surface area contributed by atoms with Crippen LogP contribution in [-0.4, -0.2) is 14.5 Å². The number of aromatic nitrogens is 1. The van der Waals surface area contributed by atoms with E-state index in [2.05, 4.69) is 118 Å². The molecule has 0 aliphatic heterocycles. The van der Waals surface area contributed by atoms with Crippen LogP contribution in [0.1, 0.15) is 31.9 Å². The van der Waals surface area contributed by atoms with Gasteiger partial charge in [0.1, 0.15) is 0 Å². The average Bonchev–Trinajstić information content (AvgIpc) is 3.19. The van der Waals surface area contributed by atoms with Crippen LogP contribution in [0.4, 0.5) is 0 Å². The third kappa shape index (κ3) is 3.01. The minimum absolute atomic E-state index is 0.0642. The summed E-state index contributed by atoms with van der Waals surface area (Å²) in [5, 5.41) is 6.96. The van der Waals surface area contributed by atoms with Crippen molar-refractivity contribution in [3.63, 3.8) is 0 Å². The van der Waals surface area contributed by atoms with Crippen LogP contribution in [0.15, 0.2) is 78.9 Å². The fourth-order valence-electron chi connectivity index (χ4n) is 5.42. The number of aryl methyl sites for hydroxylation is 2. The van der Waals surface area contributed by atoms with Gasteiger partial charge in [0.05, 0.1) is 0 Å². The molecule has 0 saturated carbocycles. The van der Waals surface area contributed by atoms with Gasteiger partial charge in [-0.3, -0.25) is 0 Å². The zero-order valence-electron chi connectivity index (χ0n) is 19.9. The molecule has 0 aliphatic rings. The summed E-state index contributed by atoms with van der Waals surface area (Å²) in [6, 6.07) is 29.3. The van der Waals surface area contributed by atoms with Crippen molar-refractivity contribution in [2.45, 2.75) is 33.1 Å². The monoisotopic (exact) mass is 494 g/mol. The molecule has 0 atom stereocenters. The van der Waals surface area contributed by atoms with Crippen molar-refractivity contribution < 1.29 is 4.57 Å². The zero-order valence-corrected chi connectivity index (χ0v) is 21.6. The van der Waals surface area contributed by atoms with Crippen LogP contribution in [-0.2, 0) is 12.5 Å². The van der Waals surface area contributed by atoms with Crippen LogP contribution in [0.3, 0.4) is 0 Å². The summed E-state index contributed by atoms with van der Waals surface area (Å²) in [4.78, 5) is 0. The molecule has 6 aromatic rings. The summed E-state index contributed by atoms with van der Waals surface area (Å²) < 4.78 is 5.46. The van der Waals surface area contributed by atoms with Gasteiger partial charge >= 0.3 is 201 Å². The second-order valence-electron chi connectivity index (χ2n) is 10.1. The second kappa shape index (κ2) is 7.29. The van der Waals surface area contributed by atoms with E-state index in [4.69, 9.17) is 0 Å². The maximum atomic E-state index is 2.49. The van der Waals surface area contributed by atoms with Gasteiger partial charge in [-0.25, -0.2) is 0 Å². The molecular formula is C31H28NSe+. The van der Waals surface area contributed by atoms with Crippen molar-refractivity contribution in [2.75, 3.05) is 0 Å². The van der Waals surface area contributed by atoms with Gasteiger partial charge in [-0.05, 0) is 0 Å². The number of hydrogen-bond acceptors (Lipinski definition) is 0. The Bertz CT molecular complexity index is 1710.